The number of aliphatic hydroxyl groups excluding tert-OH is 1. The van der Waals surface area contributed by atoms with Gasteiger partial charge in [0.1, 0.15) is 0 Å². The van der Waals surface area contributed by atoms with Crippen molar-refractivity contribution in [3.63, 3.8) is 0 Å². The molecule has 0 aromatic rings. The second kappa shape index (κ2) is 6.22. The van der Waals surface area contributed by atoms with E-state index in [2.05, 4.69) is 41.5 Å². The van der Waals surface area contributed by atoms with Gasteiger partial charge >= 0.3 is 0 Å². The van der Waals surface area contributed by atoms with Crippen molar-refractivity contribution in [1.82, 2.24) is 0 Å². The van der Waals surface area contributed by atoms with E-state index < -0.39 is 0 Å². The molecule has 2 rings (SSSR count). The number of hydrogen-bond donors (Lipinski definition) is 1. The Labute approximate surface area is 132 Å². The van der Waals surface area contributed by atoms with Gasteiger partial charge < -0.3 is 5.11 Å². The summed E-state index contributed by atoms with van der Waals surface area (Å²) in [6.07, 6.45) is 9.57. The van der Waals surface area contributed by atoms with Gasteiger partial charge in [0.15, 0.2) is 0 Å². The van der Waals surface area contributed by atoms with E-state index in [1.807, 2.05) is 0 Å². The van der Waals surface area contributed by atoms with Crippen LogP contribution in [0.3, 0.4) is 0 Å². The molecule has 0 saturated heterocycles. The van der Waals surface area contributed by atoms with E-state index in [1.165, 1.54) is 44.9 Å². The van der Waals surface area contributed by atoms with Gasteiger partial charge in [0.05, 0.1) is 6.10 Å². The minimum absolute atomic E-state index is 0.121. The van der Waals surface area contributed by atoms with Gasteiger partial charge in [-0.25, -0.2) is 0 Å². The highest BCUT2D eigenvalue weighted by atomic mass is 16.3. The molecule has 2 unspecified atom stereocenters. The fraction of sp³-hybridized carbons (Fsp3) is 1.00. The SMILES string of the molecule is CC(C)(C)C1CC(C2CCCCC2)CC(C(C)(C)C)C1O. The van der Waals surface area contributed by atoms with E-state index in [4.69, 9.17) is 0 Å². The molecule has 0 amide bonds. The Bertz CT molecular complexity index is 303. The minimum Gasteiger partial charge on any atom is -0.393 e. The summed E-state index contributed by atoms with van der Waals surface area (Å²) in [7, 11) is 0. The molecule has 2 aliphatic carbocycles. The molecule has 0 aromatic carbocycles. The Morgan fingerprint density at radius 1 is 0.667 bits per heavy atom. The molecule has 1 nitrogen and oxygen atoms in total. The normalized spacial score (nSPS) is 36.7. The first-order chi connectivity index (χ1) is 9.60. The fourth-order valence-electron chi connectivity index (χ4n) is 5.03. The van der Waals surface area contributed by atoms with E-state index in [9.17, 15) is 5.11 Å². The highest BCUT2D eigenvalue weighted by Gasteiger charge is 2.47. The molecule has 1 N–H and O–H groups in total. The van der Waals surface area contributed by atoms with Gasteiger partial charge in [0, 0.05) is 0 Å². The van der Waals surface area contributed by atoms with Crippen LogP contribution in [0.25, 0.3) is 0 Å². The molecule has 21 heavy (non-hydrogen) atoms. The summed E-state index contributed by atoms with van der Waals surface area (Å²) in [6.45, 7) is 13.9. The summed E-state index contributed by atoms with van der Waals surface area (Å²) >= 11 is 0. The number of rotatable bonds is 1. The summed E-state index contributed by atoms with van der Waals surface area (Å²) < 4.78 is 0. The van der Waals surface area contributed by atoms with Crippen LogP contribution in [0.2, 0.25) is 0 Å². The molecule has 0 radical (unpaired) electrons. The second-order valence-electron chi connectivity index (χ2n) is 10.1. The number of aliphatic hydroxyl groups is 1. The zero-order valence-electron chi connectivity index (χ0n) is 15.3. The lowest BCUT2D eigenvalue weighted by Crippen LogP contribution is -2.49. The molecule has 0 heterocycles. The van der Waals surface area contributed by atoms with Crippen LogP contribution in [0.5, 0.6) is 0 Å². The lowest BCUT2D eigenvalue weighted by molar-refractivity contribution is -0.0939. The topological polar surface area (TPSA) is 20.2 Å². The molecule has 0 bridgehead atoms. The number of hydrogen-bond acceptors (Lipinski definition) is 1. The van der Waals surface area contributed by atoms with Crippen molar-refractivity contribution in [2.24, 2.45) is 34.5 Å². The van der Waals surface area contributed by atoms with Crippen LogP contribution < -0.4 is 0 Å². The Kier molecular flexibility index (Phi) is 5.13. The summed E-state index contributed by atoms with van der Waals surface area (Å²) in [5, 5.41) is 11.0. The van der Waals surface area contributed by atoms with Crippen molar-refractivity contribution >= 4 is 0 Å². The van der Waals surface area contributed by atoms with Gasteiger partial charge in [-0.3, -0.25) is 0 Å². The minimum atomic E-state index is -0.121. The third-order valence-corrected chi connectivity index (χ3v) is 6.48. The first-order valence-corrected chi connectivity index (χ1v) is 9.29. The lowest BCUT2D eigenvalue weighted by atomic mass is 9.56. The Hall–Kier alpha value is -0.0400. The van der Waals surface area contributed by atoms with Crippen LogP contribution in [0.15, 0.2) is 0 Å². The summed E-state index contributed by atoms with van der Waals surface area (Å²) in [5.74, 6) is 2.70. The van der Waals surface area contributed by atoms with Gasteiger partial charge in [-0.1, -0.05) is 73.6 Å². The Morgan fingerprint density at radius 3 is 1.48 bits per heavy atom. The van der Waals surface area contributed by atoms with Crippen molar-refractivity contribution in [2.45, 2.75) is 92.6 Å². The van der Waals surface area contributed by atoms with Crippen LogP contribution in [0.4, 0.5) is 0 Å². The van der Waals surface area contributed by atoms with Crippen LogP contribution in [-0.4, -0.2) is 11.2 Å². The van der Waals surface area contributed by atoms with E-state index in [1.54, 1.807) is 0 Å². The average molecular weight is 295 g/mol. The first-order valence-electron chi connectivity index (χ1n) is 9.29. The molecule has 2 aliphatic rings. The molecule has 0 spiro atoms. The maximum Gasteiger partial charge on any atom is 0.0606 e. The molecule has 2 atom stereocenters. The molecule has 2 saturated carbocycles. The molecule has 1 heteroatoms. The van der Waals surface area contributed by atoms with E-state index in [0.29, 0.717) is 11.8 Å². The van der Waals surface area contributed by atoms with Crippen LogP contribution >= 0.6 is 0 Å². The predicted molar refractivity (Wildman–Crippen MR) is 91.2 cm³/mol. The van der Waals surface area contributed by atoms with Crippen LogP contribution in [0.1, 0.15) is 86.5 Å². The summed E-state index contributed by atoms with van der Waals surface area (Å²) in [6, 6.07) is 0. The van der Waals surface area contributed by atoms with Crippen LogP contribution in [0, 0.1) is 34.5 Å². The van der Waals surface area contributed by atoms with Crippen LogP contribution in [-0.2, 0) is 0 Å². The van der Waals surface area contributed by atoms with Crippen molar-refractivity contribution < 1.29 is 5.11 Å². The van der Waals surface area contributed by atoms with Gasteiger partial charge in [-0.2, -0.15) is 0 Å². The zero-order chi connectivity index (χ0) is 15.8. The van der Waals surface area contributed by atoms with Gasteiger partial charge in [0.2, 0.25) is 0 Å². The summed E-state index contributed by atoms with van der Waals surface area (Å²) in [4.78, 5) is 0. The average Bonchev–Trinajstić information content (AvgIpc) is 2.37. The summed E-state index contributed by atoms with van der Waals surface area (Å²) in [5.41, 5.74) is 0.437. The largest absolute Gasteiger partial charge is 0.393 e. The van der Waals surface area contributed by atoms with Crippen molar-refractivity contribution in [3.05, 3.63) is 0 Å². The van der Waals surface area contributed by atoms with Gasteiger partial charge in [-0.05, 0) is 47.3 Å². The predicted octanol–water partition coefficient (Wildman–Crippen LogP) is 5.66. The molecule has 2 fully saturated rings. The quantitative estimate of drug-likeness (QED) is 0.661. The van der Waals surface area contributed by atoms with Crippen molar-refractivity contribution in [1.29, 1.82) is 0 Å². The third-order valence-electron chi connectivity index (χ3n) is 6.48. The third kappa shape index (κ3) is 4.03. The zero-order valence-corrected chi connectivity index (χ0v) is 15.3. The molecular formula is C20H38O. The van der Waals surface area contributed by atoms with Crippen molar-refractivity contribution in [2.75, 3.05) is 0 Å². The fourth-order valence-corrected chi connectivity index (χ4v) is 5.03. The molecular weight excluding hydrogens is 256 g/mol. The smallest absolute Gasteiger partial charge is 0.0606 e. The molecule has 0 aliphatic heterocycles. The van der Waals surface area contributed by atoms with Gasteiger partial charge in [-0.15, -0.1) is 0 Å². The van der Waals surface area contributed by atoms with E-state index in [-0.39, 0.29) is 16.9 Å². The monoisotopic (exact) mass is 294 g/mol. The highest BCUT2D eigenvalue weighted by molar-refractivity contribution is 4.97. The van der Waals surface area contributed by atoms with Crippen molar-refractivity contribution in [3.8, 4) is 0 Å². The van der Waals surface area contributed by atoms with E-state index >= 15 is 0 Å². The molecule has 124 valence electrons. The Balaban J connectivity index is 2.19. The highest BCUT2D eigenvalue weighted by Crippen LogP contribution is 2.51. The first kappa shape index (κ1) is 17.3. The Morgan fingerprint density at radius 2 is 1.10 bits per heavy atom. The van der Waals surface area contributed by atoms with E-state index in [0.717, 1.165) is 11.8 Å². The second-order valence-corrected chi connectivity index (χ2v) is 10.1. The molecule has 0 aromatic heterocycles. The van der Waals surface area contributed by atoms with Gasteiger partial charge in [0.25, 0.3) is 0 Å². The standard InChI is InChI=1S/C20H38O/c1-19(2,3)16-12-15(14-10-8-7-9-11-14)13-17(18(16)21)20(4,5)6/h14-18,21H,7-13H2,1-6H3. The lowest BCUT2D eigenvalue weighted by Gasteiger charge is -2.51. The maximum atomic E-state index is 11.0. The maximum absolute atomic E-state index is 11.0.